The molecule has 0 aliphatic carbocycles. The number of aromatic nitrogens is 2. The van der Waals surface area contributed by atoms with Crippen LogP contribution in [0.4, 0.5) is 5.69 Å². The van der Waals surface area contributed by atoms with E-state index in [1.807, 2.05) is 13.0 Å². The summed E-state index contributed by atoms with van der Waals surface area (Å²) < 4.78 is 5.21. The van der Waals surface area contributed by atoms with Gasteiger partial charge in [0, 0.05) is 17.7 Å². The number of amides is 1. The highest BCUT2D eigenvalue weighted by atomic mass is 16.5. The van der Waals surface area contributed by atoms with Gasteiger partial charge in [-0.15, -0.1) is 0 Å². The van der Waals surface area contributed by atoms with Crippen LogP contribution >= 0.6 is 0 Å². The van der Waals surface area contributed by atoms with E-state index in [2.05, 4.69) is 22.4 Å². The van der Waals surface area contributed by atoms with Crippen LogP contribution in [0.25, 0.3) is 0 Å². The molecule has 1 heterocycles. The van der Waals surface area contributed by atoms with Gasteiger partial charge in [0.05, 0.1) is 0 Å². The van der Waals surface area contributed by atoms with Gasteiger partial charge in [0.1, 0.15) is 6.04 Å². The molecule has 3 N–H and O–H groups in total. The van der Waals surface area contributed by atoms with Gasteiger partial charge >= 0.3 is 0 Å². The first-order valence-corrected chi connectivity index (χ1v) is 6.59. The van der Waals surface area contributed by atoms with Crippen molar-refractivity contribution >= 4 is 11.6 Å². The van der Waals surface area contributed by atoms with E-state index < -0.39 is 5.91 Å². The summed E-state index contributed by atoms with van der Waals surface area (Å²) in [6, 6.07) is 6.85. The standard InChI is InChI=1S/C14H18N4O2/c1-3-5-12-17-14(20-18-12)9(2)16-11-7-4-6-10(8-11)13(15)19/h4,6-9,16H,3,5H2,1-2H3,(H2,15,19)/t9-/m1/s1. The lowest BCUT2D eigenvalue weighted by molar-refractivity contribution is 0.100. The average Bonchev–Trinajstić information content (AvgIpc) is 2.88. The second kappa shape index (κ2) is 6.18. The Labute approximate surface area is 117 Å². The number of anilines is 1. The number of carbonyl (C=O) groups is 1. The van der Waals surface area contributed by atoms with Crippen LogP contribution in [0.5, 0.6) is 0 Å². The first-order valence-electron chi connectivity index (χ1n) is 6.59. The Hall–Kier alpha value is -2.37. The van der Waals surface area contributed by atoms with Gasteiger partial charge in [-0.05, 0) is 31.5 Å². The summed E-state index contributed by atoms with van der Waals surface area (Å²) in [6.07, 6.45) is 1.77. The Morgan fingerprint density at radius 3 is 3.00 bits per heavy atom. The molecule has 106 valence electrons. The molecule has 2 rings (SSSR count). The summed E-state index contributed by atoms with van der Waals surface area (Å²) in [4.78, 5) is 15.5. The van der Waals surface area contributed by atoms with Gasteiger partial charge in [-0.2, -0.15) is 4.98 Å². The summed E-state index contributed by atoms with van der Waals surface area (Å²) in [5, 5.41) is 7.12. The first-order chi connectivity index (χ1) is 9.60. The molecule has 0 saturated carbocycles. The maximum Gasteiger partial charge on any atom is 0.248 e. The van der Waals surface area contributed by atoms with Gasteiger partial charge in [0.2, 0.25) is 11.8 Å². The van der Waals surface area contributed by atoms with Crippen LogP contribution in [0.1, 0.15) is 48.4 Å². The van der Waals surface area contributed by atoms with Crippen molar-refractivity contribution in [2.24, 2.45) is 5.73 Å². The van der Waals surface area contributed by atoms with Crippen LogP contribution in [0.3, 0.4) is 0 Å². The SMILES string of the molecule is CCCc1noc([C@@H](C)Nc2cccc(C(N)=O)c2)n1. The highest BCUT2D eigenvalue weighted by Crippen LogP contribution is 2.19. The quantitative estimate of drug-likeness (QED) is 0.842. The smallest absolute Gasteiger partial charge is 0.248 e. The maximum atomic E-state index is 11.1. The number of nitrogens with one attached hydrogen (secondary N) is 1. The van der Waals surface area contributed by atoms with E-state index in [1.165, 1.54) is 0 Å². The van der Waals surface area contributed by atoms with Gasteiger partial charge in [0.15, 0.2) is 5.82 Å². The Morgan fingerprint density at radius 2 is 2.30 bits per heavy atom. The summed E-state index contributed by atoms with van der Waals surface area (Å²) in [6.45, 7) is 3.98. The molecule has 1 atom stereocenters. The Kier molecular flexibility index (Phi) is 4.34. The minimum absolute atomic E-state index is 0.142. The third-order valence-electron chi connectivity index (χ3n) is 2.86. The normalized spacial score (nSPS) is 12.1. The lowest BCUT2D eigenvalue weighted by Gasteiger charge is -2.11. The van der Waals surface area contributed by atoms with Gasteiger partial charge < -0.3 is 15.6 Å². The maximum absolute atomic E-state index is 11.1. The third kappa shape index (κ3) is 3.34. The second-order valence-electron chi connectivity index (χ2n) is 4.61. The number of aryl methyl sites for hydroxylation is 1. The van der Waals surface area contributed by atoms with E-state index in [0.717, 1.165) is 18.5 Å². The van der Waals surface area contributed by atoms with Crippen LogP contribution in [0.15, 0.2) is 28.8 Å². The molecule has 0 aliphatic rings. The molecule has 0 radical (unpaired) electrons. The summed E-state index contributed by atoms with van der Waals surface area (Å²) in [5.41, 5.74) is 6.49. The van der Waals surface area contributed by atoms with Crippen molar-refractivity contribution in [3.63, 3.8) is 0 Å². The number of nitrogens with two attached hydrogens (primary N) is 1. The molecule has 6 nitrogen and oxygen atoms in total. The molecule has 1 aromatic heterocycles. The molecule has 0 unspecified atom stereocenters. The predicted octanol–water partition coefficient (Wildman–Crippen LogP) is 2.29. The molecule has 6 heteroatoms. The number of hydrogen-bond acceptors (Lipinski definition) is 5. The molecular formula is C14H18N4O2. The number of rotatable bonds is 6. The zero-order chi connectivity index (χ0) is 14.5. The van der Waals surface area contributed by atoms with Crippen molar-refractivity contribution in [2.75, 3.05) is 5.32 Å². The fourth-order valence-electron chi connectivity index (χ4n) is 1.84. The highest BCUT2D eigenvalue weighted by Gasteiger charge is 2.14. The number of nitrogens with zero attached hydrogens (tertiary/aromatic N) is 2. The van der Waals surface area contributed by atoms with Crippen LogP contribution < -0.4 is 11.1 Å². The summed E-state index contributed by atoms with van der Waals surface area (Å²) in [7, 11) is 0. The molecule has 1 aromatic carbocycles. The minimum Gasteiger partial charge on any atom is -0.374 e. The van der Waals surface area contributed by atoms with E-state index in [0.29, 0.717) is 17.3 Å². The van der Waals surface area contributed by atoms with Crippen molar-refractivity contribution in [2.45, 2.75) is 32.7 Å². The molecule has 20 heavy (non-hydrogen) atoms. The lowest BCUT2D eigenvalue weighted by Crippen LogP contribution is -2.12. The van der Waals surface area contributed by atoms with E-state index in [9.17, 15) is 4.79 Å². The van der Waals surface area contributed by atoms with Crippen LogP contribution in [0.2, 0.25) is 0 Å². The molecule has 1 amide bonds. The fraction of sp³-hybridized carbons (Fsp3) is 0.357. The Bertz CT molecular complexity index is 594. The Morgan fingerprint density at radius 1 is 1.50 bits per heavy atom. The van der Waals surface area contributed by atoms with Crippen molar-refractivity contribution < 1.29 is 9.32 Å². The van der Waals surface area contributed by atoms with Crippen LogP contribution in [-0.2, 0) is 6.42 Å². The molecule has 0 bridgehead atoms. The first kappa shape index (κ1) is 14.0. The van der Waals surface area contributed by atoms with Gasteiger partial charge in [0.25, 0.3) is 0 Å². The van der Waals surface area contributed by atoms with Crippen LogP contribution in [-0.4, -0.2) is 16.0 Å². The minimum atomic E-state index is -0.454. The van der Waals surface area contributed by atoms with E-state index in [4.69, 9.17) is 10.3 Å². The Balaban J connectivity index is 2.08. The van der Waals surface area contributed by atoms with E-state index in [-0.39, 0.29) is 6.04 Å². The number of primary amides is 1. The molecule has 0 saturated heterocycles. The molecule has 0 aliphatic heterocycles. The number of benzene rings is 1. The van der Waals surface area contributed by atoms with Crippen molar-refractivity contribution in [1.82, 2.24) is 10.1 Å². The zero-order valence-corrected chi connectivity index (χ0v) is 11.6. The largest absolute Gasteiger partial charge is 0.374 e. The molecule has 0 spiro atoms. The van der Waals surface area contributed by atoms with Crippen LogP contribution in [0, 0.1) is 0 Å². The zero-order valence-electron chi connectivity index (χ0n) is 11.6. The van der Waals surface area contributed by atoms with Gasteiger partial charge in [-0.25, -0.2) is 0 Å². The monoisotopic (exact) mass is 274 g/mol. The number of hydrogen-bond donors (Lipinski definition) is 2. The van der Waals surface area contributed by atoms with Crippen molar-refractivity contribution in [1.29, 1.82) is 0 Å². The molecular weight excluding hydrogens is 256 g/mol. The van der Waals surface area contributed by atoms with E-state index in [1.54, 1.807) is 18.2 Å². The average molecular weight is 274 g/mol. The fourth-order valence-corrected chi connectivity index (χ4v) is 1.84. The van der Waals surface area contributed by atoms with Gasteiger partial charge in [-0.3, -0.25) is 4.79 Å². The molecule has 2 aromatic rings. The third-order valence-corrected chi connectivity index (χ3v) is 2.86. The number of carbonyl (C=O) groups excluding carboxylic acids is 1. The second-order valence-corrected chi connectivity index (χ2v) is 4.61. The van der Waals surface area contributed by atoms with E-state index >= 15 is 0 Å². The summed E-state index contributed by atoms with van der Waals surface area (Å²) >= 11 is 0. The van der Waals surface area contributed by atoms with Crippen molar-refractivity contribution in [3.05, 3.63) is 41.5 Å². The predicted molar refractivity (Wildman–Crippen MR) is 75.3 cm³/mol. The summed E-state index contributed by atoms with van der Waals surface area (Å²) in [5.74, 6) is 0.782. The van der Waals surface area contributed by atoms with Gasteiger partial charge in [-0.1, -0.05) is 18.1 Å². The molecule has 0 fully saturated rings. The van der Waals surface area contributed by atoms with Crippen molar-refractivity contribution in [3.8, 4) is 0 Å². The topological polar surface area (TPSA) is 94.0 Å². The lowest BCUT2D eigenvalue weighted by atomic mass is 10.2. The highest BCUT2D eigenvalue weighted by molar-refractivity contribution is 5.93.